The lowest BCUT2D eigenvalue weighted by molar-refractivity contribution is 0.411. The molecule has 0 radical (unpaired) electrons. The van der Waals surface area contributed by atoms with Gasteiger partial charge in [-0.25, -0.2) is 8.78 Å². The molecule has 4 heteroatoms. The summed E-state index contributed by atoms with van der Waals surface area (Å²) in [5.41, 5.74) is 1.61. The van der Waals surface area contributed by atoms with Crippen LogP contribution in [0.15, 0.2) is 36.4 Å². The highest BCUT2D eigenvalue weighted by atomic mass is 19.1. The van der Waals surface area contributed by atoms with E-state index in [-0.39, 0.29) is 6.42 Å². The standard InChI is InChI=1S/C15H11F2NO/c1-19-15-8-11(3-2-10(15)6-7-18)13-5-4-12(16)9-14(13)17/h2-5,8-9H,6H2,1H3. The largest absolute Gasteiger partial charge is 0.496 e. The lowest BCUT2D eigenvalue weighted by atomic mass is 10.0. The number of rotatable bonds is 3. The van der Waals surface area contributed by atoms with Crippen LogP contribution in [0.4, 0.5) is 8.78 Å². The zero-order valence-corrected chi connectivity index (χ0v) is 10.3. The number of halogens is 2. The van der Waals surface area contributed by atoms with Crippen molar-refractivity contribution in [2.45, 2.75) is 6.42 Å². The average molecular weight is 259 g/mol. The first kappa shape index (κ1) is 13.0. The quantitative estimate of drug-likeness (QED) is 0.841. The van der Waals surface area contributed by atoms with Crippen LogP contribution in [0.5, 0.6) is 5.75 Å². The summed E-state index contributed by atoms with van der Waals surface area (Å²) in [6.45, 7) is 0. The zero-order valence-electron chi connectivity index (χ0n) is 10.3. The van der Waals surface area contributed by atoms with Gasteiger partial charge in [-0.15, -0.1) is 0 Å². The van der Waals surface area contributed by atoms with Crippen LogP contribution in [0.3, 0.4) is 0 Å². The van der Waals surface area contributed by atoms with E-state index in [4.69, 9.17) is 10.00 Å². The number of nitriles is 1. The summed E-state index contributed by atoms with van der Waals surface area (Å²) in [6.07, 6.45) is 0.218. The molecule has 2 aromatic carbocycles. The Hall–Kier alpha value is -2.41. The molecule has 0 amide bonds. The molecule has 0 aliphatic heterocycles. The maximum atomic E-state index is 13.7. The minimum absolute atomic E-state index is 0.218. The summed E-state index contributed by atoms with van der Waals surface area (Å²) in [7, 11) is 1.49. The SMILES string of the molecule is COc1cc(-c2ccc(F)cc2F)ccc1CC#N. The van der Waals surface area contributed by atoms with Crippen molar-refractivity contribution in [2.24, 2.45) is 0 Å². The van der Waals surface area contributed by atoms with Crippen molar-refractivity contribution < 1.29 is 13.5 Å². The fraction of sp³-hybridized carbons (Fsp3) is 0.133. The van der Waals surface area contributed by atoms with Crippen LogP contribution in [-0.4, -0.2) is 7.11 Å². The van der Waals surface area contributed by atoms with Crippen LogP contribution < -0.4 is 4.74 Å². The smallest absolute Gasteiger partial charge is 0.133 e. The summed E-state index contributed by atoms with van der Waals surface area (Å²) in [5, 5.41) is 8.69. The molecule has 0 aromatic heterocycles. The first-order chi connectivity index (χ1) is 9.15. The van der Waals surface area contributed by atoms with E-state index in [0.29, 0.717) is 16.9 Å². The fourth-order valence-corrected chi connectivity index (χ4v) is 1.87. The fourth-order valence-electron chi connectivity index (χ4n) is 1.87. The van der Waals surface area contributed by atoms with E-state index < -0.39 is 11.6 Å². The summed E-state index contributed by atoms with van der Waals surface area (Å²) in [5.74, 6) is -0.729. The Morgan fingerprint density at radius 2 is 1.95 bits per heavy atom. The van der Waals surface area contributed by atoms with E-state index in [2.05, 4.69) is 0 Å². The Kier molecular flexibility index (Phi) is 3.76. The first-order valence-corrected chi connectivity index (χ1v) is 5.65. The second-order valence-electron chi connectivity index (χ2n) is 3.99. The number of methoxy groups -OCH3 is 1. The van der Waals surface area contributed by atoms with Gasteiger partial charge in [-0.3, -0.25) is 0 Å². The summed E-state index contributed by atoms with van der Waals surface area (Å²) < 4.78 is 31.7. The van der Waals surface area contributed by atoms with Crippen molar-refractivity contribution >= 4 is 0 Å². The molecule has 0 aliphatic carbocycles. The topological polar surface area (TPSA) is 33.0 Å². The summed E-state index contributed by atoms with van der Waals surface area (Å²) >= 11 is 0. The van der Waals surface area contributed by atoms with Gasteiger partial charge in [0, 0.05) is 17.2 Å². The molecule has 2 nitrogen and oxygen atoms in total. The van der Waals surface area contributed by atoms with Gasteiger partial charge in [-0.1, -0.05) is 12.1 Å². The Bertz CT molecular complexity index is 647. The van der Waals surface area contributed by atoms with Gasteiger partial charge in [0.25, 0.3) is 0 Å². The van der Waals surface area contributed by atoms with Gasteiger partial charge < -0.3 is 4.74 Å². The predicted molar refractivity (Wildman–Crippen MR) is 67.7 cm³/mol. The van der Waals surface area contributed by atoms with Crippen LogP contribution in [0.1, 0.15) is 5.56 Å². The molecule has 0 saturated carbocycles. The number of hydrogen-bond donors (Lipinski definition) is 0. The molecular weight excluding hydrogens is 248 g/mol. The lowest BCUT2D eigenvalue weighted by Gasteiger charge is -2.09. The summed E-state index contributed by atoms with van der Waals surface area (Å²) in [6, 6.07) is 10.5. The maximum Gasteiger partial charge on any atom is 0.133 e. The second-order valence-corrected chi connectivity index (χ2v) is 3.99. The van der Waals surface area contributed by atoms with Crippen molar-refractivity contribution in [1.29, 1.82) is 5.26 Å². The molecule has 0 spiro atoms. The van der Waals surface area contributed by atoms with Crippen LogP contribution in [-0.2, 0) is 6.42 Å². The lowest BCUT2D eigenvalue weighted by Crippen LogP contribution is -1.93. The molecule has 0 fully saturated rings. The first-order valence-electron chi connectivity index (χ1n) is 5.65. The van der Waals surface area contributed by atoms with Gasteiger partial charge in [-0.2, -0.15) is 5.26 Å². The van der Waals surface area contributed by atoms with Crippen LogP contribution in [0.25, 0.3) is 11.1 Å². The Morgan fingerprint density at radius 3 is 2.58 bits per heavy atom. The highest BCUT2D eigenvalue weighted by Crippen LogP contribution is 2.29. The second kappa shape index (κ2) is 5.49. The van der Waals surface area contributed by atoms with Crippen molar-refractivity contribution in [1.82, 2.24) is 0 Å². The summed E-state index contributed by atoms with van der Waals surface area (Å²) in [4.78, 5) is 0. The molecule has 2 aromatic rings. The van der Waals surface area contributed by atoms with E-state index in [1.165, 1.54) is 19.2 Å². The Morgan fingerprint density at radius 1 is 1.16 bits per heavy atom. The predicted octanol–water partition coefficient (Wildman–Crippen LogP) is 3.71. The normalized spacial score (nSPS) is 10.0. The molecule has 0 saturated heterocycles. The van der Waals surface area contributed by atoms with Gasteiger partial charge in [-0.05, 0) is 23.8 Å². The minimum atomic E-state index is -0.630. The molecular formula is C15H11F2NO. The molecule has 0 N–H and O–H groups in total. The van der Waals surface area contributed by atoms with Gasteiger partial charge in [0.05, 0.1) is 19.6 Å². The molecule has 0 atom stereocenters. The van der Waals surface area contributed by atoms with E-state index in [1.807, 2.05) is 6.07 Å². The Balaban J connectivity index is 2.49. The maximum absolute atomic E-state index is 13.7. The van der Waals surface area contributed by atoms with Crippen LogP contribution in [0, 0.1) is 23.0 Å². The van der Waals surface area contributed by atoms with E-state index in [9.17, 15) is 8.78 Å². The van der Waals surface area contributed by atoms with Crippen LogP contribution >= 0.6 is 0 Å². The molecule has 0 unspecified atom stereocenters. The number of benzene rings is 2. The molecule has 0 heterocycles. The number of ether oxygens (including phenoxy) is 1. The van der Waals surface area contributed by atoms with Gasteiger partial charge in [0.15, 0.2) is 0 Å². The van der Waals surface area contributed by atoms with Crippen molar-refractivity contribution in [3.05, 3.63) is 53.6 Å². The third-order valence-electron chi connectivity index (χ3n) is 2.80. The highest BCUT2D eigenvalue weighted by molar-refractivity contribution is 5.66. The van der Waals surface area contributed by atoms with E-state index in [1.54, 1.807) is 18.2 Å². The number of hydrogen-bond acceptors (Lipinski definition) is 2. The number of nitrogens with zero attached hydrogens (tertiary/aromatic N) is 1. The average Bonchev–Trinajstić information content (AvgIpc) is 2.40. The van der Waals surface area contributed by atoms with Gasteiger partial charge in [0.2, 0.25) is 0 Å². The highest BCUT2D eigenvalue weighted by Gasteiger charge is 2.10. The molecule has 19 heavy (non-hydrogen) atoms. The zero-order chi connectivity index (χ0) is 13.8. The van der Waals surface area contributed by atoms with Crippen molar-refractivity contribution in [2.75, 3.05) is 7.11 Å². The van der Waals surface area contributed by atoms with Crippen LogP contribution in [0.2, 0.25) is 0 Å². The van der Waals surface area contributed by atoms with Gasteiger partial charge >= 0.3 is 0 Å². The third kappa shape index (κ3) is 2.71. The monoisotopic (exact) mass is 259 g/mol. The molecule has 2 rings (SSSR count). The van der Waals surface area contributed by atoms with E-state index in [0.717, 1.165) is 11.6 Å². The molecule has 0 bridgehead atoms. The van der Waals surface area contributed by atoms with E-state index >= 15 is 0 Å². The Labute approximate surface area is 109 Å². The van der Waals surface area contributed by atoms with Crippen molar-refractivity contribution in [3.63, 3.8) is 0 Å². The molecule has 0 aliphatic rings. The minimum Gasteiger partial charge on any atom is -0.496 e. The third-order valence-corrected chi connectivity index (χ3v) is 2.80. The van der Waals surface area contributed by atoms with Gasteiger partial charge in [0.1, 0.15) is 17.4 Å². The van der Waals surface area contributed by atoms with Crippen molar-refractivity contribution in [3.8, 4) is 22.9 Å². The molecule has 96 valence electrons.